The minimum absolute atomic E-state index is 0.0370. The Balaban J connectivity index is 1.51. The number of hydrogen-bond acceptors (Lipinski definition) is 4. The maximum absolute atomic E-state index is 12.3. The molecule has 2 N–H and O–H groups in total. The Morgan fingerprint density at radius 2 is 1.95 bits per heavy atom. The zero-order valence-electron chi connectivity index (χ0n) is 11.4. The topological polar surface area (TPSA) is 92.5 Å². The smallest absolute Gasteiger partial charge is 0.271 e. The van der Waals surface area contributed by atoms with Gasteiger partial charge in [-0.05, 0) is 49.0 Å². The molecule has 21 heavy (non-hydrogen) atoms. The number of phenols is 1. The highest BCUT2D eigenvalue weighted by molar-refractivity contribution is 5.96. The van der Waals surface area contributed by atoms with Crippen LogP contribution in [0.4, 0.5) is 11.4 Å². The van der Waals surface area contributed by atoms with Crippen molar-refractivity contribution in [3.8, 4) is 5.75 Å². The van der Waals surface area contributed by atoms with Crippen molar-refractivity contribution >= 4 is 17.3 Å². The molecule has 6 nitrogen and oxygen atoms in total. The molecule has 0 saturated heterocycles. The minimum atomic E-state index is -0.540. The second kappa shape index (κ2) is 4.19. The summed E-state index contributed by atoms with van der Waals surface area (Å²) in [7, 11) is 0. The fourth-order valence-corrected chi connectivity index (χ4v) is 4.63. The molecule has 4 rings (SSSR count). The summed E-state index contributed by atoms with van der Waals surface area (Å²) in [6.07, 6.45) is 3.73. The van der Waals surface area contributed by atoms with Gasteiger partial charge in [0.1, 0.15) is 5.75 Å². The predicted octanol–water partition coefficient (Wildman–Crippen LogP) is 2.53. The molecule has 0 aliphatic heterocycles. The van der Waals surface area contributed by atoms with Crippen LogP contribution in [0.3, 0.4) is 0 Å². The van der Waals surface area contributed by atoms with Crippen molar-refractivity contribution in [1.29, 1.82) is 0 Å². The van der Waals surface area contributed by atoms with Gasteiger partial charge < -0.3 is 10.4 Å². The Hall–Kier alpha value is -2.11. The van der Waals surface area contributed by atoms with E-state index in [1.807, 2.05) is 0 Å². The summed E-state index contributed by atoms with van der Waals surface area (Å²) >= 11 is 0. The summed E-state index contributed by atoms with van der Waals surface area (Å²) in [4.78, 5) is 22.6. The van der Waals surface area contributed by atoms with Crippen molar-refractivity contribution in [3.63, 3.8) is 0 Å². The number of benzene rings is 1. The van der Waals surface area contributed by atoms with E-state index >= 15 is 0 Å². The monoisotopic (exact) mass is 288 g/mol. The van der Waals surface area contributed by atoms with Crippen LogP contribution in [0.5, 0.6) is 5.75 Å². The number of nitro groups is 1. The van der Waals surface area contributed by atoms with Crippen LogP contribution in [-0.2, 0) is 4.79 Å². The van der Waals surface area contributed by atoms with E-state index in [-0.39, 0.29) is 28.9 Å². The number of carbonyl (C=O) groups excluding carboxylic acids is 1. The van der Waals surface area contributed by atoms with Crippen LogP contribution >= 0.6 is 0 Å². The van der Waals surface area contributed by atoms with Crippen LogP contribution in [0.15, 0.2) is 18.2 Å². The highest BCUT2D eigenvalue weighted by atomic mass is 16.6. The first-order chi connectivity index (χ1) is 10.1. The van der Waals surface area contributed by atoms with Gasteiger partial charge in [0.15, 0.2) is 0 Å². The summed E-state index contributed by atoms with van der Waals surface area (Å²) in [5.74, 6) is 2.19. The maximum Gasteiger partial charge on any atom is 0.271 e. The second-order valence-corrected chi connectivity index (χ2v) is 6.46. The third-order valence-corrected chi connectivity index (χ3v) is 5.49. The first-order valence-corrected chi connectivity index (χ1v) is 7.34. The number of non-ortho nitro benzene ring substituents is 1. The number of aromatic hydroxyl groups is 1. The summed E-state index contributed by atoms with van der Waals surface area (Å²) in [5.41, 5.74) is -0.00863. The molecular weight excluding hydrogens is 272 g/mol. The van der Waals surface area contributed by atoms with Gasteiger partial charge >= 0.3 is 0 Å². The van der Waals surface area contributed by atoms with Gasteiger partial charge in [0.05, 0.1) is 10.6 Å². The molecule has 4 atom stereocenters. The van der Waals surface area contributed by atoms with Crippen LogP contribution in [0.1, 0.15) is 19.3 Å². The van der Waals surface area contributed by atoms with Crippen molar-refractivity contribution in [3.05, 3.63) is 28.3 Å². The highest BCUT2D eigenvalue weighted by Gasteiger charge is 2.67. The number of phenolic OH excluding ortho intramolecular Hbond substituents is 1. The Morgan fingerprint density at radius 1 is 1.29 bits per heavy atom. The van der Waals surface area contributed by atoms with E-state index in [0.717, 1.165) is 0 Å². The molecule has 0 aromatic heterocycles. The van der Waals surface area contributed by atoms with Gasteiger partial charge in [-0.3, -0.25) is 14.9 Å². The van der Waals surface area contributed by atoms with Crippen LogP contribution in [0, 0.1) is 39.7 Å². The van der Waals surface area contributed by atoms with Gasteiger partial charge in [-0.25, -0.2) is 0 Å². The molecular formula is C15H16N2O4. The number of nitro benzene ring substituents is 1. The molecule has 2 bridgehead atoms. The van der Waals surface area contributed by atoms with E-state index in [1.165, 1.54) is 37.5 Å². The Morgan fingerprint density at radius 3 is 2.57 bits per heavy atom. The van der Waals surface area contributed by atoms with E-state index < -0.39 is 4.92 Å². The molecule has 4 unspecified atom stereocenters. The fraction of sp³-hybridized carbons (Fsp3) is 0.533. The van der Waals surface area contributed by atoms with E-state index in [9.17, 15) is 20.0 Å². The quantitative estimate of drug-likeness (QED) is 0.508. The third kappa shape index (κ3) is 1.81. The first-order valence-electron chi connectivity index (χ1n) is 7.34. The number of hydrogen-bond donors (Lipinski definition) is 2. The Kier molecular flexibility index (Phi) is 2.52. The summed E-state index contributed by atoms with van der Waals surface area (Å²) in [6, 6.07) is 3.67. The minimum Gasteiger partial charge on any atom is -0.506 e. The lowest BCUT2D eigenvalue weighted by atomic mass is 10.0. The molecule has 6 heteroatoms. The van der Waals surface area contributed by atoms with Crippen LogP contribution in [0.25, 0.3) is 0 Å². The highest BCUT2D eigenvalue weighted by Crippen LogP contribution is 2.69. The molecule has 3 aliphatic rings. The van der Waals surface area contributed by atoms with Gasteiger partial charge in [-0.2, -0.15) is 0 Å². The van der Waals surface area contributed by atoms with Crippen LogP contribution < -0.4 is 5.32 Å². The lowest BCUT2D eigenvalue weighted by Crippen LogP contribution is -2.18. The van der Waals surface area contributed by atoms with Crippen molar-refractivity contribution in [2.45, 2.75) is 19.3 Å². The molecule has 0 radical (unpaired) electrons. The molecule has 1 aromatic carbocycles. The predicted molar refractivity (Wildman–Crippen MR) is 74.7 cm³/mol. The summed E-state index contributed by atoms with van der Waals surface area (Å²) < 4.78 is 0. The number of rotatable bonds is 3. The Labute approximate surface area is 121 Å². The van der Waals surface area contributed by atoms with Crippen molar-refractivity contribution in [2.75, 3.05) is 5.32 Å². The van der Waals surface area contributed by atoms with E-state index in [2.05, 4.69) is 5.32 Å². The molecule has 3 aliphatic carbocycles. The second-order valence-electron chi connectivity index (χ2n) is 6.46. The van der Waals surface area contributed by atoms with Crippen molar-refractivity contribution in [1.82, 2.24) is 0 Å². The first kappa shape index (κ1) is 12.6. The number of fused-ring (bicyclic) bond motifs is 5. The molecule has 3 saturated carbocycles. The van der Waals surface area contributed by atoms with E-state index in [1.54, 1.807) is 0 Å². The van der Waals surface area contributed by atoms with Gasteiger partial charge in [-0.1, -0.05) is 0 Å². The van der Waals surface area contributed by atoms with E-state index in [0.29, 0.717) is 23.7 Å². The molecule has 3 fully saturated rings. The molecule has 1 amide bonds. The normalized spacial score (nSPS) is 35.3. The average Bonchev–Trinajstić information content (AvgIpc) is 2.90. The lowest BCUT2D eigenvalue weighted by Gasteiger charge is -2.10. The summed E-state index contributed by atoms with van der Waals surface area (Å²) in [5, 5.41) is 23.2. The fourth-order valence-electron chi connectivity index (χ4n) is 4.63. The number of carbonyl (C=O) groups is 1. The largest absolute Gasteiger partial charge is 0.506 e. The number of nitrogens with one attached hydrogen (secondary N) is 1. The number of anilines is 1. The molecule has 0 spiro atoms. The number of amides is 1. The standard InChI is InChI=1S/C15H16N2O4/c18-11-4-3-9(17(20)21)6-10(11)16-15(19)14-12-7-1-2-8(5-7)13(12)14/h3-4,6-8,12-14,18H,1-2,5H2,(H,16,19). The molecule has 110 valence electrons. The lowest BCUT2D eigenvalue weighted by molar-refractivity contribution is -0.384. The third-order valence-electron chi connectivity index (χ3n) is 5.49. The van der Waals surface area contributed by atoms with Gasteiger partial charge in [0, 0.05) is 18.1 Å². The van der Waals surface area contributed by atoms with Crippen LogP contribution in [-0.4, -0.2) is 15.9 Å². The molecule has 1 aromatic rings. The number of nitrogens with zero attached hydrogens (tertiary/aromatic N) is 1. The Bertz CT molecular complexity index is 629. The van der Waals surface area contributed by atoms with Gasteiger partial charge in [-0.15, -0.1) is 0 Å². The van der Waals surface area contributed by atoms with Crippen molar-refractivity contribution < 1.29 is 14.8 Å². The SMILES string of the molecule is O=C(Nc1cc([N+](=O)[O-])ccc1O)C1C2C3CCC(C3)C12. The molecule has 0 heterocycles. The maximum atomic E-state index is 12.3. The average molecular weight is 288 g/mol. The zero-order valence-corrected chi connectivity index (χ0v) is 11.4. The summed E-state index contributed by atoms with van der Waals surface area (Å²) in [6.45, 7) is 0. The van der Waals surface area contributed by atoms with Crippen LogP contribution in [0.2, 0.25) is 0 Å². The zero-order chi connectivity index (χ0) is 14.7. The van der Waals surface area contributed by atoms with E-state index in [4.69, 9.17) is 0 Å². The van der Waals surface area contributed by atoms with Gasteiger partial charge in [0.2, 0.25) is 5.91 Å². The van der Waals surface area contributed by atoms with Gasteiger partial charge in [0.25, 0.3) is 5.69 Å². The van der Waals surface area contributed by atoms with Crippen molar-refractivity contribution in [2.24, 2.45) is 29.6 Å².